The smallest absolute Gasteiger partial charge is 0.427 e. The van der Waals surface area contributed by atoms with E-state index in [0.29, 0.717) is 12.3 Å². The van der Waals surface area contributed by atoms with Crippen molar-refractivity contribution in [2.45, 2.75) is 13.3 Å². The molecule has 0 aromatic carbocycles. The van der Waals surface area contributed by atoms with Gasteiger partial charge >= 0.3 is 11.9 Å². The maximum Gasteiger partial charge on any atom is 0.427 e. The first kappa shape index (κ1) is 12.7. The fourth-order valence-electron chi connectivity index (χ4n) is 0.963. The molecule has 0 aliphatic carbocycles. The molecule has 0 spiro atoms. The Labute approximate surface area is 96.8 Å². The maximum atomic E-state index is 10.9. The lowest BCUT2D eigenvalue weighted by atomic mass is 10.5. The summed E-state index contributed by atoms with van der Waals surface area (Å²) in [5.74, 6) is -0.139. The van der Waals surface area contributed by atoms with Crippen LogP contribution in [0, 0.1) is 10.1 Å². The minimum absolute atomic E-state index is 0.139. The predicted molar refractivity (Wildman–Crippen MR) is 59.8 cm³/mol. The summed E-state index contributed by atoms with van der Waals surface area (Å²) in [7, 11) is 0. The molecule has 0 bridgehead atoms. The third kappa shape index (κ3) is 4.33. The van der Waals surface area contributed by atoms with Gasteiger partial charge in [0.15, 0.2) is 0 Å². The van der Waals surface area contributed by atoms with Crippen LogP contribution in [-0.2, 0) is 4.74 Å². The lowest BCUT2D eigenvalue weighted by molar-refractivity contribution is -0.389. The number of carbonyl (C=O) groups excluding carboxylic acids is 1. The normalized spacial score (nSPS) is 10.4. The van der Waals surface area contributed by atoms with Gasteiger partial charge in [0, 0.05) is 6.07 Å². The third-order valence-corrected chi connectivity index (χ3v) is 1.69. The summed E-state index contributed by atoms with van der Waals surface area (Å²) >= 11 is 0. The van der Waals surface area contributed by atoms with Crippen molar-refractivity contribution in [1.82, 2.24) is 10.4 Å². The Kier molecular flexibility index (Phi) is 4.67. The molecule has 0 aliphatic rings. The van der Waals surface area contributed by atoms with Gasteiger partial charge < -0.3 is 14.9 Å². The van der Waals surface area contributed by atoms with Gasteiger partial charge in [-0.3, -0.25) is 0 Å². The summed E-state index contributed by atoms with van der Waals surface area (Å²) in [5.41, 5.74) is 2.53. The molecule has 1 heterocycles. The molecular weight excluding hydrogens is 228 g/mol. The third-order valence-electron chi connectivity index (χ3n) is 1.69. The van der Waals surface area contributed by atoms with Crippen molar-refractivity contribution in [3.63, 3.8) is 0 Å². The van der Waals surface area contributed by atoms with Crippen molar-refractivity contribution in [3.8, 4) is 0 Å². The van der Waals surface area contributed by atoms with Crippen LogP contribution in [0.25, 0.3) is 0 Å². The van der Waals surface area contributed by atoms with E-state index in [2.05, 4.69) is 15.5 Å². The van der Waals surface area contributed by atoms with E-state index in [-0.39, 0.29) is 5.82 Å². The monoisotopic (exact) mass is 240 g/mol. The summed E-state index contributed by atoms with van der Waals surface area (Å²) in [4.78, 5) is 23.2. The topological polar surface area (TPSA) is 110 Å². The summed E-state index contributed by atoms with van der Waals surface area (Å²) in [5, 5.41) is 13.9. The lowest BCUT2D eigenvalue weighted by Crippen LogP contribution is -2.19. The lowest BCUT2D eigenvalue weighted by Gasteiger charge is -1.99. The zero-order chi connectivity index (χ0) is 12.7. The van der Waals surface area contributed by atoms with Crippen LogP contribution < -0.4 is 5.43 Å². The van der Waals surface area contributed by atoms with Crippen molar-refractivity contribution in [2.24, 2.45) is 5.10 Å². The van der Waals surface area contributed by atoms with Crippen molar-refractivity contribution in [3.05, 3.63) is 27.9 Å². The second kappa shape index (κ2) is 6.26. The summed E-state index contributed by atoms with van der Waals surface area (Å²) < 4.78 is 4.69. The molecular formula is C9H12N4O4. The van der Waals surface area contributed by atoms with E-state index in [0.717, 1.165) is 6.42 Å². The first-order chi connectivity index (χ1) is 8.13. The van der Waals surface area contributed by atoms with E-state index in [1.807, 2.05) is 6.92 Å². The second-order valence-corrected chi connectivity index (χ2v) is 3.06. The van der Waals surface area contributed by atoms with Gasteiger partial charge in [0.2, 0.25) is 0 Å². The minimum atomic E-state index is -0.663. The molecule has 1 rings (SSSR count). The molecule has 1 amide bonds. The number of rotatable bonds is 5. The van der Waals surface area contributed by atoms with E-state index in [9.17, 15) is 14.9 Å². The van der Waals surface area contributed by atoms with Gasteiger partial charge in [-0.2, -0.15) is 5.10 Å². The van der Waals surface area contributed by atoms with Crippen LogP contribution in [0.4, 0.5) is 10.6 Å². The van der Waals surface area contributed by atoms with Crippen LogP contribution in [0.1, 0.15) is 19.0 Å². The Balaban J connectivity index is 2.42. The van der Waals surface area contributed by atoms with Crippen molar-refractivity contribution < 1.29 is 14.5 Å². The molecule has 1 aromatic rings. The molecule has 0 fully saturated rings. The summed E-state index contributed by atoms with van der Waals surface area (Å²) in [6.07, 6.45) is 1.31. The van der Waals surface area contributed by atoms with Gasteiger partial charge in [-0.25, -0.2) is 15.2 Å². The number of nitrogens with one attached hydrogen (secondary N) is 2. The van der Waals surface area contributed by atoms with Gasteiger partial charge in [0.05, 0.1) is 12.8 Å². The molecule has 0 unspecified atom stereocenters. The Morgan fingerprint density at radius 3 is 3.06 bits per heavy atom. The van der Waals surface area contributed by atoms with Crippen LogP contribution in [0.5, 0.6) is 0 Å². The highest BCUT2D eigenvalue weighted by Gasteiger charge is 2.06. The Morgan fingerprint density at radius 1 is 1.71 bits per heavy atom. The highest BCUT2D eigenvalue weighted by molar-refractivity contribution is 5.79. The molecule has 17 heavy (non-hydrogen) atoms. The average molecular weight is 240 g/mol. The van der Waals surface area contributed by atoms with Gasteiger partial charge in [0.1, 0.15) is 5.69 Å². The van der Waals surface area contributed by atoms with Crippen LogP contribution in [0.2, 0.25) is 0 Å². The van der Waals surface area contributed by atoms with E-state index >= 15 is 0 Å². The molecule has 0 saturated carbocycles. The zero-order valence-electron chi connectivity index (χ0n) is 9.17. The Morgan fingerprint density at radius 2 is 2.47 bits per heavy atom. The van der Waals surface area contributed by atoms with Gasteiger partial charge in [-0.1, -0.05) is 6.92 Å². The number of hydrazone groups is 1. The number of aromatic nitrogens is 1. The van der Waals surface area contributed by atoms with Gasteiger partial charge in [-0.05, 0) is 17.4 Å². The largest absolute Gasteiger partial charge is 0.448 e. The van der Waals surface area contributed by atoms with E-state index in [1.165, 1.54) is 18.3 Å². The number of hydrogen-bond acceptors (Lipinski definition) is 5. The van der Waals surface area contributed by atoms with Crippen LogP contribution in [-0.4, -0.2) is 28.8 Å². The van der Waals surface area contributed by atoms with Crippen molar-refractivity contribution in [1.29, 1.82) is 0 Å². The maximum absolute atomic E-state index is 10.9. The number of nitro groups is 1. The van der Waals surface area contributed by atoms with E-state index in [4.69, 9.17) is 4.74 Å². The fourth-order valence-corrected chi connectivity index (χ4v) is 0.963. The molecule has 1 aromatic heterocycles. The Hall–Kier alpha value is -2.38. The zero-order valence-corrected chi connectivity index (χ0v) is 9.17. The van der Waals surface area contributed by atoms with Crippen molar-refractivity contribution in [2.75, 3.05) is 6.61 Å². The number of amides is 1. The first-order valence-electron chi connectivity index (χ1n) is 4.92. The highest BCUT2D eigenvalue weighted by atomic mass is 16.6. The molecule has 0 aliphatic heterocycles. The Bertz CT molecular complexity index is 426. The number of nitrogens with zero attached hydrogens (tertiary/aromatic N) is 2. The van der Waals surface area contributed by atoms with Crippen LogP contribution in [0.15, 0.2) is 17.2 Å². The number of H-pyrrole nitrogens is 1. The molecule has 2 N–H and O–H groups in total. The number of ether oxygens (including phenoxy) is 1. The van der Waals surface area contributed by atoms with Crippen LogP contribution >= 0.6 is 0 Å². The molecule has 0 saturated heterocycles. The molecule has 8 nitrogen and oxygen atoms in total. The van der Waals surface area contributed by atoms with Crippen molar-refractivity contribution >= 4 is 18.1 Å². The molecule has 0 atom stereocenters. The molecule has 8 heteroatoms. The van der Waals surface area contributed by atoms with Crippen LogP contribution in [0.3, 0.4) is 0 Å². The SMILES string of the molecule is CCCOC(=O)N/N=C/c1ccc([N+](=O)[O-])[nH]1. The average Bonchev–Trinajstić information content (AvgIpc) is 2.75. The quantitative estimate of drug-likeness (QED) is 0.460. The number of carbonyl (C=O) groups is 1. The van der Waals surface area contributed by atoms with E-state index < -0.39 is 11.0 Å². The molecule has 0 radical (unpaired) electrons. The summed E-state index contributed by atoms with van der Waals surface area (Å²) in [6, 6.07) is 2.78. The van der Waals surface area contributed by atoms with Gasteiger partial charge in [0.25, 0.3) is 0 Å². The minimum Gasteiger partial charge on any atom is -0.448 e. The van der Waals surface area contributed by atoms with E-state index in [1.54, 1.807) is 0 Å². The number of hydrogen-bond donors (Lipinski definition) is 2. The first-order valence-corrected chi connectivity index (χ1v) is 4.92. The van der Waals surface area contributed by atoms with Gasteiger partial charge in [-0.15, -0.1) is 0 Å². The number of aromatic amines is 1. The standard InChI is InChI=1S/C9H12N4O4/c1-2-5-17-9(14)12-10-6-7-3-4-8(11-7)13(15)16/h3-4,6,11H,2,5H2,1H3,(H,12,14)/b10-6+. The predicted octanol–water partition coefficient (Wildman–Crippen LogP) is 1.39. The second-order valence-electron chi connectivity index (χ2n) is 3.06. The molecule has 92 valence electrons. The fraction of sp³-hybridized carbons (Fsp3) is 0.333. The summed E-state index contributed by atoms with van der Waals surface area (Å²) in [6.45, 7) is 2.18. The highest BCUT2D eigenvalue weighted by Crippen LogP contribution is 2.07.